The van der Waals surface area contributed by atoms with E-state index >= 15 is 0 Å². The summed E-state index contributed by atoms with van der Waals surface area (Å²) in [4.78, 5) is 12.5. The predicted molar refractivity (Wildman–Crippen MR) is 87.8 cm³/mol. The van der Waals surface area contributed by atoms with Gasteiger partial charge in [0.25, 0.3) is 0 Å². The molecule has 2 aromatic carbocycles. The van der Waals surface area contributed by atoms with Gasteiger partial charge in [-0.3, -0.25) is 0 Å². The van der Waals surface area contributed by atoms with Crippen LogP contribution in [0.2, 0.25) is 0 Å². The van der Waals surface area contributed by atoms with Gasteiger partial charge in [0.1, 0.15) is 0 Å². The van der Waals surface area contributed by atoms with Crippen LogP contribution in [0, 0.1) is 0 Å². The molecule has 7 nitrogen and oxygen atoms in total. The molecule has 0 aliphatic carbocycles. The summed E-state index contributed by atoms with van der Waals surface area (Å²) < 4.78 is 0. The molecule has 0 aliphatic heterocycles. The predicted octanol–water partition coefficient (Wildman–Crippen LogP) is -1.74. The van der Waals surface area contributed by atoms with E-state index in [0.29, 0.717) is 24.5 Å². The van der Waals surface area contributed by atoms with Crippen molar-refractivity contribution in [1.29, 1.82) is 0 Å². The summed E-state index contributed by atoms with van der Waals surface area (Å²) in [5.41, 5.74) is 2.13. The molecule has 25 heavy (non-hydrogen) atoms. The Labute approximate surface area is 188 Å². The first-order chi connectivity index (χ1) is 11.6. The molecular formula is C17H18KN3O4. The molecule has 0 heterocycles. The van der Waals surface area contributed by atoms with E-state index in [2.05, 4.69) is 10.2 Å². The second kappa shape index (κ2) is 11.5. The van der Waals surface area contributed by atoms with Gasteiger partial charge >= 0.3 is 51.4 Å². The van der Waals surface area contributed by atoms with Crippen molar-refractivity contribution < 1.29 is 71.5 Å². The molecule has 0 saturated carbocycles. The maximum absolute atomic E-state index is 10.7. The summed E-state index contributed by atoms with van der Waals surface area (Å²) in [6, 6.07) is 13.1. The fourth-order valence-electron chi connectivity index (χ4n) is 2.12. The first-order valence-electron chi connectivity index (χ1n) is 7.44. The Hall–Kier alpha value is -1.13. The van der Waals surface area contributed by atoms with Crippen molar-refractivity contribution in [2.75, 3.05) is 31.2 Å². The number of carboxylic acids is 1. The average molecular weight is 367 g/mol. The molecule has 2 rings (SSSR count). The topological polar surface area (TPSA) is 109 Å². The van der Waals surface area contributed by atoms with Crippen molar-refractivity contribution in [3.8, 4) is 0 Å². The smallest absolute Gasteiger partial charge is 0.545 e. The zero-order valence-electron chi connectivity index (χ0n) is 14.0. The first kappa shape index (κ1) is 21.9. The van der Waals surface area contributed by atoms with Crippen LogP contribution in [-0.4, -0.2) is 42.5 Å². The number of anilines is 1. The van der Waals surface area contributed by atoms with E-state index in [1.54, 1.807) is 24.3 Å². The van der Waals surface area contributed by atoms with Crippen LogP contribution in [0.3, 0.4) is 0 Å². The maximum Gasteiger partial charge on any atom is 1.00 e. The number of azo groups is 1. The van der Waals surface area contributed by atoms with Gasteiger partial charge in [-0.25, -0.2) is 0 Å². The van der Waals surface area contributed by atoms with Crippen LogP contribution in [0.1, 0.15) is 10.4 Å². The molecule has 0 atom stereocenters. The van der Waals surface area contributed by atoms with Crippen LogP contribution < -0.4 is 61.4 Å². The summed E-state index contributed by atoms with van der Waals surface area (Å²) in [6.07, 6.45) is 0. The van der Waals surface area contributed by atoms with Crippen LogP contribution >= 0.6 is 0 Å². The Bertz CT molecular complexity index is 684. The largest absolute Gasteiger partial charge is 1.00 e. The molecular weight excluding hydrogens is 349 g/mol. The standard InChI is InChI=1S/C17H19N3O4.K/c21-11-9-20(10-12-22)16-7-5-15(6-8-16)19-18-14-3-1-13(2-4-14)17(23)24;/h1-8,21-22H,9-12H2,(H,23,24);/q;+1/p-1. The number of carbonyl (C=O) groups is 1. The van der Waals surface area contributed by atoms with Gasteiger partial charge in [-0.1, -0.05) is 12.1 Å². The molecule has 2 aromatic rings. The van der Waals surface area contributed by atoms with Crippen molar-refractivity contribution in [3.63, 3.8) is 0 Å². The van der Waals surface area contributed by atoms with Gasteiger partial charge in [0.15, 0.2) is 0 Å². The molecule has 0 aliphatic rings. The second-order valence-corrected chi connectivity index (χ2v) is 4.98. The Morgan fingerprint density at radius 1 is 0.880 bits per heavy atom. The van der Waals surface area contributed by atoms with Crippen molar-refractivity contribution >= 4 is 23.0 Å². The van der Waals surface area contributed by atoms with E-state index in [-0.39, 0.29) is 70.2 Å². The number of rotatable bonds is 8. The quantitative estimate of drug-likeness (QED) is 0.425. The maximum atomic E-state index is 10.7. The van der Waals surface area contributed by atoms with Crippen molar-refractivity contribution in [2.24, 2.45) is 10.2 Å². The zero-order valence-corrected chi connectivity index (χ0v) is 17.1. The minimum absolute atomic E-state index is 0. The number of hydrogen-bond donors (Lipinski definition) is 2. The van der Waals surface area contributed by atoms with Gasteiger partial charge in [-0.2, -0.15) is 10.2 Å². The van der Waals surface area contributed by atoms with Crippen LogP contribution in [0.5, 0.6) is 0 Å². The Morgan fingerprint density at radius 2 is 1.32 bits per heavy atom. The summed E-state index contributed by atoms with van der Waals surface area (Å²) in [6.45, 7) is 0.880. The van der Waals surface area contributed by atoms with Gasteiger partial charge in [0.05, 0.1) is 30.6 Å². The van der Waals surface area contributed by atoms with Crippen molar-refractivity contribution in [1.82, 2.24) is 0 Å². The SMILES string of the molecule is O=C([O-])c1ccc(N=Nc2ccc(N(CCO)CCO)cc2)cc1.[K+]. The minimum atomic E-state index is -1.23. The molecule has 0 fully saturated rings. The summed E-state index contributed by atoms with van der Waals surface area (Å²) in [5, 5.41) is 36.9. The van der Waals surface area contributed by atoms with Crippen LogP contribution in [-0.2, 0) is 0 Å². The minimum Gasteiger partial charge on any atom is -0.545 e. The third kappa shape index (κ3) is 6.94. The van der Waals surface area contributed by atoms with E-state index in [9.17, 15) is 9.90 Å². The van der Waals surface area contributed by atoms with Gasteiger partial charge in [-0.05, 0) is 42.0 Å². The molecule has 0 saturated heterocycles. The molecule has 0 unspecified atom stereocenters. The fraction of sp³-hybridized carbons (Fsp3) is 0.235. The van der Waals surface area contributed by atoms with Gasteiger partial charge in [-0.15, -0.1) is 0 Å². The number of aliphatic hydroxyl groups excluding tert-OH is 2. The Balaban J connectivity index is 0.00000312. The number of carboxylic acid groups (broad SMARTS) is 1. The zero-order chi connectivity index (χ0) is 17.4. The Morgan fingerprint density at radius 3 is 1.72 bits per heavy atom. The van der Waals surface area contributed by atoms with E-state index < -0.39 is 5.97 Å². The number of nitrogens with zero attached hydrogens (tertiary/aromatic N) is 3. The summed E-state index contributed by atoms with van der Waals surface area (Å²) >= 11 is 0. The number of hydrogen-bond acceptors (Lipinski definition) is 7. The normalized spacial score (nSPS) is 10.5. The Kier molecular flexibility index (Phi) is 10.1. The number of benzene rings is 2. The van der Waals surface area contributed by atoms with Gasteiger partial charge in [0, 0.05) is 18.8 Å². The average Bonchev–Trinajstić information content (AvgIpc) is 2.60. The molecule has 0 radical (unpaired) electrons. The van der Waals surface area contributed by atoms with E-state index in [1.807, 2.05) is 17.0 Å². The number of aliphatic hydroxyl groups is 2. The molecule has 0 aromatic heterocycles. The number of aromatic carboxylic acids is 1. The summed E-state index contributed by atoms with van der Waals surface area (Å²) in [7, 11) is 0. The van der Waals surface area contributed by atoms with Crippen molar-refractivity contribution in [3.05, 3.63) is 54.1 Å². The van der Waals surface area contributed by atoms with Crippen LogP contribution in [0.25, 0.3) is 0 Å². The molecule has 2 N–H and O–H groups in total. The van der Waals surface area contributed by atoms with Crippen molar-refractivity contribution in [2.45, 2.75) is 0 Å². The van der Waals surface area contributed by atoms with Gasteiger partial charge < -0.3 is 25.0 Å². The molecule has 0 bridgehead atoms. The second-order valence-electron chi connectivity index (χ2n) is 4.98. The van der Waals surface area contributed by atoms with E-state index in [4.69, 9.17) is 10.2 Å². The molecule has 8 heteroatoms. The number of carbonyl (C=O) groups excluding carboxylic acids is 1. The van der Waals surface area contributed by atoms with Gasteiger partial charge in [0.2, 0.25) is 0 Å². The van der Waals surface area contributed by atoms with E-state index in [0.717, 1.165) is 5.69 Å². The summed E-state index contributed by atoms with van der Waals surface area (Å²) in [5.74, 6) is -1.23. The fourth-order valence-corrected chi connectivity index (χ4v) is 2.12. The van der Waals surface area contributed by atoms with E-state index in [1.165, 1.54) is 12.1 Å². The first-order valence-corrected chi connectivity index (χ1v) is 7.44. The van der Waals surface area contributed by atoms with Crippen LogP contribution in [0.15, 0.2) is 58.8 Å². The third-order valence-electron chi connectivity index (χ3n) is 3.34. The third-order valence-corrected chi connectivity index (χ3v) is 3.34. The molecule has 0 amide bonds. The van der Waals surface area contributed by atoms with Crippen LogP contribution in [0.4, 0.5) is 17.1 Å². The molecule has 126 valence electrons. The molecule has 0 spiro atoms. The monoisotopic (exact) mass is 367 g/mol.